The minimum atomic E-state index is -1.00. The number of fused-ring (bicyclic) bond motifs is 5. The van der Waals surface area contributed by atoms with Gasteiger partial charge in [-0.3, -0.25) is 14.4 Å². The third-order valence-corrected chi connectivity index (χ3v) is 14.1. The lowest BCUT2D eigenvalue weighted by atomic mass is 9.42. The molecule has 0 aromatic carbocycles. The summed E-state index contributed by atoms with van der Waals surface area (Å²) >= 11 is 0. The lowest BCUT2D eigenvalue weighted by molar-refractivity contribution is -0.671. The fourth-order valence-electron chi connectivity index (χ4n) is 11.4. The Hall–Kier alpha value is -1.75. The summed E-state index contributed by atoms with van der Waals surface area (Å²) in [5.74, 6) is -0.893. The van der Waals surface area contributed by atoms with Crippen molar-refractivity contribution in [2.24, 2.45) is 52.3 Å². The summed E-state index contributed by atoms with van der Waals surface area (Å²) in [5, 5.41) is 2.75. The van der Waals surface area contributed by atoms with E-state index in [9.17, 15) is 14.4 Å². The van der Waals surface area contributed by atoms with Crippen LogP contribution in [0.1, 0.15) is 125 Å². The largest absolute Gasteiger partial charge is 0.462 e. The fourth-order valence-corrected chi connectivity index (χ4v) is 11.4. The van der Waals surface area contributed by atoms with Gasteiger partial charge in [0.1, 0.15) is 12.2 Å². The van der Waals surface area contributed by atoms with Crippen LogP contribution in [0.2, 0.25) is 0 Å². The number of hydrogen-bond donors (Lipinski definition) is 1. The van der Waals surface area contributed by atoms with Crippen LogP contribution in [0.5, 0.6) is 0 Å². The molecule has 11 atom stereocenters. The molecule has 5 saturated carbocycles. The lowest BCUT2D eigenvalue weighted by Gasteiger charge is -2.65. The fraction of sp³-hybridized carbons (Fsp3) is 0.917. The Kier molecular flexibility index (Phi) is 9.35. The number of nitrogens with one attached hydrogen (secondary N) is 1. The molecule has 260 valence electrons. The van der Waals surface area contributed by atoms with E-state index in [1.54, 1.807) is 7.05 Å². The van der Waals surface area contributed by atoms with Crippen LogP contribution in [0.4, 0.5) is 0 Å². The number of ether oxygens (including phenoxy) is 2. The Morgan fingerprint density at radius 2 is 1.61 bits per heavy atom. The zero-order valence-corrected chi connectivity index (χ0v) is 29.1. The average molecular weight is 648 g/mol. The van der Waals surface area contributed by atoms with Gasteiger partial charge in [0.2, 0.25) is 17.5 Å². The van der Waals surface area contributed by atoms with E-state index in [0.29, 0.717) is 25.2 Å². The number of hydrogen-bond acceptors (Lipinski definition) is 9. The SMILES string of the molecule is CNC(=O)CCC(C)[C@H]1CCC2C3C(C[C@H](OC(C)=O)[C@@]21C)[C@@]1(C)CCC2(C[C@H]1C[C@H]3OC(C)=O)OOC1(CCCCC1C)OO2. The van der Waals surface area contributed by atoms with Crippen LogP contribution in [-0.4, -0.2) is 48.7 Å². The first-order valence-electron chi connectivity index (χ1n) is 18.1. The van der Waals surface area contributed by atoms with Crippen molar-refractivity contribution < 1.29 is 43.4 Å². The van der Waals surface area contributed by atoms with Crippen LogP contribution in [0.15, 0.2) is 0 Å². The van der Waals surface area contributed by atoms with Crippen molar-refractivity contribution >= 4 is 17.8 Å². The molecule has 1 aliphatic heterocycles. The summed E-state index contributed by atoms with van der Waals surface area (Å²) < 4.78 is 12.5. The monoisotopic (exact) mass is 647 g/mol. The van der Waals surface area contributed by atoms with Crippen LogP contribution in [-0.2, 0) is 43.4 Å². The maximum absolute atomic E-state index is 12.7. The number of carbonyl (C=O) groups is 3. The minimum absolute atomic E-state index is 0.0492. The van der Waals surface area contributed by atoms with Gasteiger partial charge in [-0.2, -0.15) is 19.6 Å². The van der Waals surface area contributed by atoms with Gasteiger partial charge < -0.3 is 14.8 Å². The number of rotatable bonds is 6. The van der Waals surface area contributed by atoms with Crippen LogP contribution in [0.25, 0.3) is 0 Å². The van der Waals surface area contributed by atoms with E-state index in [4.69, 9.17) is 29.0 Å². The summed E-state index contributed by atoms with van der Waals surface area (Å²) in [7, 11) is 1.68. The van der Waals surface area contributed by atoms with E-state index in [1.807, 2.05) is 0 Å². The molecule has 0 aromatic rings. The molecule has 5 aliphatic carbocycles. The molecule has 0 bridgehead atoms. The third kappa shape index (κ3) is 5.71. The zero-order chi connectivity index (χ0) is 33.1. The highest BCUT2D eigenvalue weighted by atomic mass is 17.4. The Morgan fingerprint density at radius 1 is 0.891 bits per heavy atom. The molecule has 6 aliphatic rings. The summed E-state index contributed by atoms with van der Waals surface area (Å²) in [4.78, 5) is 62.1. The molecule has 5 unspecified atom stereocenters. The van der Waals surface area contributed by atoms with Crippen LogP contribution < -0.4 is 5.32 Å². The van der Waals surface area contributed by atoms with Gasteiger partial charge in [-0.05, 0) is 86.4 Å². The van der Waals surface area contributed by atoms with Crippen molar-refractivity contribution in [1.82, 2.24) is 5.32 Å². The second-order valence-electron chi connectivity index (χ2n) is 16.4. The van der Waals surface area contributed by atoms with Gasteiger partial charge >= 0.3 is 11.9 Å². The van der Waals surface area contributed by atoms with Crippen LogP contribution >= 0.6 is 0 Å². The van der Waals surface area contributed by atoms with Crippen molar-refractivity contribution in [3.8, 4) is 0 Å². The van der Waals surface area contributed by atoms with E-state index >= 15 is 0 Å². The molecule has 6 rings (SSSR count). The Balaban J connectivity index is 1.28. The molecule has 46 heavy (non-hydrogen) atoms. The Bertz CT molecular complexity index is 1170. The van der Waals surface area contributed by atoms with Gasteiger partial charge in [-0.25, -0.2) is 0 Å². The van der Waals surface area contributed by atoms with Gasteiger partial charge in [0.05, 0.1) is 0 Å². The molecule has 1 heterocycles. The van der Waals surface area contributed by atoms with Crippen molar-refractivity contribution in [1.29, 1.82) is 0 Å². The maximum Gasteiger partial charge on any atom is 0.302 e. The zero-order valence-electron chi connectivity index (χ0n) is 29.1. The summed E-state index contributed by atoms with van der Waals surface area (Å²) in [6.45, 7) is 12.1. The molecular formula is C36H57NO9. The molecule has 0 radical (unpaired) electrons. The van der Waals surface area contributed by atoms with E-state index in [1.165, 1.54) is 13.8 Å². The normalized spacial score (nSPS) is 47.3. The highest BCUT2D eigenvalue weighted by molar-refractivity contribution is 5.75. The topological polar surface area (TPSA) is 119 Å². The van der Waals surface area contributed by atoms with Gasteiger partial charge in [0.25, 0.3) is 0 Å². The lowest BCUT2D eigenvalue weighted by Crippen LogP contribution is -2.65. The van der Waals surface area contributed by atoms with Crippen molar-refractivity contribution in [2.45, 2.75) is 149 Å². The number of esters is 2. The first kappa shape index (κ1) is 34.1. The molecule has 1 amide bonds. The molecule has 1 saturated heterocycles. The molecule has 10 nitrogen and oxygen atoms in total. The summed E-state index contributed by atoms with van der Waals surface area (Å²) in [6.07, 6.45) is 10.1. The van der Waals surface area contributed by atoms with Crippen molar-refractivity contribution in [3.63, 3.8) is 0 Å². The van der Waals surface area contributed by atoms with E-state index in [2.05, 4.69) is 33.0 Å². The Morgan fingerprint density at radius 3 is 2.26 bits per heavy atom. The Labute approximate surface area is 274 Å². The van der Waals surface area contributed by atoms with Crippen LogP contribution in [0.3, 0.4) is 0 Å². The van der Waals surface area contributed by atoms with Gasteiger partial charge in [-0.15, -0.1) is 0 Å². The van der Waals surface area contributed by atoms with Crippen molar-refractivity contribution in [2.75, 3.05) is 7.05 Å². The molecule has 0 aromatic heterocycles. The molecule has 1 N–H and O–H groups in total. The number of amides is 1. The molecule has 6 fully saturated rings. The summed E-state index contributed by atoms with van der Waals surface area (Å²) in [6, 6.07) is 0. The summed E-state index contributed by atoms with van der Waals surface area (Å²) in [5.41, 5.74) is -0.385. The maximum atomic E-state index is 12.7. The van der Waals surface area contributed by atoms with E-state index < -0.39 is 11.6 Å². The first-order chi connectivity index (χ1) is 21.8. The molecule has 2 spiro atoms. The first-order valence-corrected chi connectivity index (χ1v) is 18.1. The van der Waals surface area contributed by atoms with Crippen molar-refractivity contribution in [3.05, 3.63) is 0 Å². The second-order valence-corrected chi connectivity index (χ2v) is 16.4. The predicted octanol–water partition coefficient (Wildman–Crippen LogP) is 6.40. The average Bonchev–Trinajstić information content (AvgIpc) is 3.37. The highest BCUT2D eigenvalue weighted by Crippen LogP contribution is 2.70. The smallest absolute Gasteiger partial charge is 0.302 e. The molecule has 10 heteroatoms. The van der Waals surface area contributed by atoms with Gasteiger partial charge in [0, 0.05) is 63.8 Å². The highest BCUT2D eigenvalue weighted by Gasteiger charge is 2.69. The van der Waals surface area contributed by atoms with Gasteiger partial charge in [-0.1, -0.05) is 34.1 Å². The van der Waals surface area contributed by atoms with E-state index in [-0.39, 0.29) is 76.4 Å². The predicted molar refractivity (Wildman–Crippen MR) is 167 cm³/mol. The number of carbonyl (C=O) groups excluding carboxylic acids is 3. The minimum Gasteiger partial charge on any atom is -0.462 e. The van der Waals surface area contributed by atoms with Gasteiger partial charge in [0.15, 0.2) is 0 Å². The quantitative estimate of drug-likeness (QED) is 0.258. The standard InChI is InChI=1S/C36H57NO9/c1-21(11-14-31(40)37-7)26-12-13-27-32-28(19-30(34(26,27)6)42-24(4)39)33(5)16-17-35(20-25(33)18-29(32)41-23(3)38)43-45-36(46-44-35)15-9-8-10-22(36)2/h21-22,25-30,32H,8-20H2,1-7H3,(H,37,40)/t21?,22?,25-,26-,27?,28?,29-,30+,32?,33+,34-,35?,36?/m1/s1. The second kappa shape index (κ2) is 12.6. The van der Waals surface area contributed by atoms with E-state index in [0.717, 1.165) is 64.2 Å². The molecular weight excluding hydrogens is 590 g/mol. The van der Waals surface area contributed by atoms with Crippen LogP contribution in [0, 0.1) is 52.3 Å². The third-order valence-electron chi connectivity index (χ3n) is 14.1.